The summed E-state index contributed by atoms with van der Waals surface area (Å²) >= 11 is 0. The predicted molar refractivity (Wildman–Crippen MR) is 118 cm³/mol. The van der Waals surface area contributed by atoms with Crippen LogP contribution in [0.4, 0.5) is 0 Å². The van der Waals surface area contributed by atoms with E-state index in [0.29, 0.717) is 12.6 Å². The highest BCUT2D eigenvalue weighted by Crippen LogP contribution is 2.24. The van der Waals surface area contributed by atoms with Gasteiger partial charge >= 0.3 is 0 Å². The molecule has 28 heavy (non-hydrogen) atoms. The van der Waals surface area contributed by atoms with Gasteiger partial charge < -0.3 is 15.8 Å². The Morgan fingerprint density at radius 2 is 1.82 bits per heavy atom. The van der Waals surface area contributed by atoms with E-state index in [2.05, 4.69) is 40.5 Å². The topological polar surface area (TPSA) is 67.6 Å². The van der Waals surface area contributed by atoms with E-state index in [9.17, 15) is 4.79 Å². The molecule has 1 aromatic carbocycles. The molecule has 1 heterocycles. The Hall–Kier alpha value is -0.850. The lowest BCUT2D eigenvalue weighted by Gasteiger charge is -2.32. The Balaban J connectivity index is 0.00000196. The van der Waals surface area contributed by atoms with Crippen molar-refractivity contribution in [1.82, 2.24) is 10.2 Å². The van der Waals surface area contributed by atoms with Gasteiger partial charge in [0, 0.05) is 44.7 Å². The minimum atomic E-state index is 0. The van der Waals surface area contributed by atoms with Gasteiger partial charge in [-0.15, -0.1) is 24.8 Å². The molecule has 5 nitrogen and oxygen atoms in total. The molecule has 3 N–H and O–H groups in total. The van der Waals surface area contributed by atoms with Gasteiger partial charge in [0.2, 0.25) is 5.91 Å². The average Bonchev–Trinajstić information content (AvgIpc) is 3.10. The highest BCUT2D eigenvalue weighted by molar-refractivity contribution is 5.85. The van der Waals surface area contributed by atoms with Crippen molar-refractivity contribution < 1.29 is 9.53 Å². The van der Waals surface area contributed by atoms with Gasteiger partial charge in [-0.1, -0.05) is 30.3 Å². The lowest BCUT2D eigenvalue weighted by atomic mass is 10.1. The summed E-state index contributed by atoms with van der Waals surface area (Å²) < 4.78 is 6.01. The fourth-order valence-electron chi connectivity index (χ4n) is 4.01. The van der Waals surface area contributed by atoms with Crippen LogP contribution < -0.4 is 11.1 Å². The van der Waals surface area contributed by atoms with Gasteiger partial charge in [-0.2, -0.15) is 0 Å². The molecule has 1 aromatic rings. The summed E-state index contributed by atoms with van der Waals surface area (Å²) in [6.45, 7) is 4.66. The molecule has 1 saturated carbocycles. The molecule has 3 rings (SSSR count). The maximum Gasteiger partial charge on any atom is 0.223 e. The molecule has 1 aliphatic heterocycles. The molecule has 2 unspecified atom stereocenters. The molecule has 2 atom stereocenters. The average molecular weight is 432 g/mol. The predicted octanol–water partition coefficient (Wildman–Crippen LogP) is 3.14. The van der Waals surface area contributed by atoms with E-state index in [-0.39, 0.29) is 42.7 Å². The first-order chi connectivity index (χ1) is 12.7. The second kappa shape index (κ2) is 13.4. The number of amides is 1. The maximum atomic E-state index is 12.0. The quantitative estimate of drug-likeness (QED) is 0.620. The molecule has 2 fully saturated rings. The summed E-state index contributed by atoms with van der Waals surface area (Å²) in [6, 6.07) is 10.9. The number of benzene rings is 1. The van der Waals surface area contributed by atoms with Crippen molar-refractivity contribution in [3.63, 3.8) is 0 Å². The minimum Gasteiger partial charge on any atom is -0.378 e. The highest BCUT2D eigenvalue weighted by Gasteiger charge is 2.27. The molecule has 0 bridgehead atoms. The van der Waals surface area contributed by atoms with Gasteiger partial charge in [-0.05, 0) is 44.1 Å². The molecule has 0 radical (unpaired) electrons. The number of carbonyl (C=O) groups excluding carboxylic acids is 1. The van der Waals surface area contributed by atoms with E-state index in [1.807, 2.05) is 0 Å². The van der Waals surface area contributed by atoms with Gasteiger partial charge in [0.1, 0.15) is 0 Å². The second-order valence-electron chi connectivity index (χ2n) is 7.75. The van der Waals surface area contributed by atoms with Gasteiger partial charge in [0.15, 0.2) is 0 Å². The molecule has 160 valence electrons. The maximum absolute atomic E-state index is 12.0. The summed E-state index contributed by atoms with van der Waals surface area (Å²) in [6.07, 6.45) is 6.19. The van der Waals surface area contributed by atoms with Crippen molar-refractivity contribution in [1.29, 1.82) is 0 Å². The smallest absolute Gasteiger partial charge is 0.223 e. The molecular formula is C21H35Cl2N3O2. The zero-order valence-corrected chi connectivity index (χ0v) is 18.2. The first-order valence-electron chi connectivity index (χ1n) is 10.1. The number of ether oxygens (including phenoxy) is 1. The number of rotatable bonds is 8. The number of hydrogen-bond acceptors (Lipinski definition) is 4. The van der Waals surface area contributed by atoms with E-state index >= 15 is 0 Å². The third kappa shape index (κ3) is 8.26. The normalized spacial score (nSPS) is 22.9. The Labute approximate surface area is 181 Å². The second-order valence-corrected chi connectivity index (χ2v) is 7.75. The highest BCUT2D eigenvalue weighted by atomic mass is 35.5. The van der Waals surface area contributed by atoms with Crippen LogP contribution in [0, 0.1) is 5.92 Å². The minimum absolute atomic E-state index is 0. The molecule has 0 spiro atoms. The van der Waals surface area contributed by atoms with Crippen molar-refractivity contribution in [3.05, 3.63) is 35.9 Å². The third-order valence-electron chi connectivity index (χ3n) is 5.60. The Kier molecular flexibility index (Phi) is 12.0. The van der Waals surface area contributed by atoms with Gasteiger partial charge in [-0.3, -0.25) is 9.69 Å². The number of hydrogen-bond donors (Lipinski definition) is 2. The summed E-state index contributed by atoms with van der Waals surface area (Å²) in [5.41, 5.74) is 7.25. The van der Waals surface area contributed by atoms with Crippen molar-refractivity contribution in [2.45, 2.75) is 57.2 Å². The zero-order chi connectivity index (χ0) is 18.2. The van der Waals surface area contributed by atoms with Crippen LogP contribution in [-0.2, 0) is 16.1 Å². The number of nitrogens with one attached hydrogen (secondary N) is 1. The Morgan fingerprint density at radius 1 is 1.11 bits per heavy atom. The van der Waals surface area contributed by atoms with Crippen LogP contribution in [0.15, 0.2) is 30.3 Å². The molecule has 1 amide bonds. The van der Waals surface area contributed by atoms with Crippen molar-refractivity contribution in [2.24, 2.45) is 11.7 Å². The fourth-order valence-corrected chi connectivity index (χ4v) is 4.01. The van der Waals surface area contributed by atoms with Gasteiger partial charge in [-0.25, -0.2) is 0 Å². The number of nitrogens with two attached hydrogens (primary N) is 1. The third-order valence-corrected chi connectivity index (χ3v) is 5.60. The first kappa shape index (κ1) is 25.2. The van der Waals surface area contributed by atoms with Crippen LogP contribution in [0.1, 0.15) is 44.1 Å². The van der Waals surface area contributed by atoms with E-state index in [4.69, 9.17) is 10.5 Å². The van der Waals surface area contributed by atoms with E-state index in [1.54, 1.807) is 0 Å². The first-order valence-corrected chi connectivity index (χ1v) is 10.1. The summed E-state index contributed by atoms with van der Waals surface area (Å²) in [5, 5.41) is 3.03. The van der Waals surface area contributed by atoms with Crippen LogP contribution in [0.3, 0.4) is 0 Å². The van der Waals surface area contributed by atoms with Gasteiger partial charge in [0.05, 0.1) is 6.10 Å². The number of likely N-dealkylation sites (tertiary alicyclic amines) is 1. The lowest BCUT2D eigenvalue weighted by Crippen LogP contribution is -2.37. The molecule has 0 aromatic heterocycles. The molecule has 7 heteroatoms. The number of carbonyl (C=O) groups is 1. The Bertz CT molecular complexity index is 554. The number of nitrogens with zero attached hydrogens (tertiary/aromatic N) is 1. The fraction of sp³-hybridized carbons (Fsp3) is 0.667. The van der Waals surface area contributed by atoms with Crippen LogP contribution in [0.5, 0.6) is 0 Å². The number of halogens is 2. The SMILES string of the molecule is Cl.Cl.NC1CCC(C(=O)NCCCOC2CCN(Cc3ccccc3)CC2)C1. The summed E-state index contributed by atoms with van der Waals surface area (Å²) in [4.78, 5) is 14.5. The zero-order valence-electron chi connectivity index (χ0n) is 16.6. The molecular weight excluding hydrogens is 397 g/mol. The summed E-state index contributed by atoms with van der Waals surface area (Å²) in [5.74, 6) is 0.298. The van der Waals surface area contributed by atoms with Crippen LogP contribution >= 0.6 is 24.8 Å². The van der Waals surface area contributed by atoms with E-state index in [0.717, 1.165) is 64.8 Å². The van der Waals surface area contributed by atoms with Crippen molar-refractivity contribution in [2.75, 3.05) is 26.2 Å². The van der Waals surface area contributed by atoms with Crippen LogP contribution in [0.25, 0.3) is 0 Å². The van der Waals surface area contributed by atoms with E-state index in [1.165, 1.54) is 5.56 Å². The lowest BCUT2D eigenvalue weighted by molar-refractivity contribution is -0.124. The molecule has 1 aliphatic carbocycles. The monoisotopic (exact) mass is 431 g/mol. The summed E-state index contributed by atoms with van der Waals surface area (Å²) in [7, 11) is 0. The largest absolute Gasteiger partial charge is 0.378 e. The van der Waals surface area contributed by atoms with Gasteiger partial charge in [0.25, 0.3) is 0 Å². The Morgan fingerprint density at radius 3 is 2.46 bits per heavy atom. The standard InChI is InChI=1S/C21H33N3O2.2ClH/c22-19-8-7-18(15-19)21(25)23-11-4-14-26-20-9-12-24(13-10-20)16-17-5-2-1-3-6-17;;/h1-3,5-6,18-20H,4,7-16,22H2,(H,23,25);2*1H. The van der Waals surface area contributed by atoms with Crippen LogP contribution in [0.2, 0.25) is 0 Å². The molecule has 1 saturated heterocycles. The number of piperidine rings is 1. The van der Waals surface area contributed by atoms with Crippen molar-refractivity contribution >= 4 is 30.7 Å². The van der Waals surface area contributed by atoms with Crippen molar-refractivity contribution in [3.8, 4) is 0 Å². The van der Waals surface area contributed by atoms with Crippen LogP contribution in [-0.4, -0.2) is 49.2 Å². The molecule has 2 aliphatic rings. The van der Waals surface area contributed by atoms with E-state index < -0.39 is 0 Å².